The Morgan fingerprint density at radius 3 is 2.64 bits per heavy atom. The molecular formula is C28H35N5O7S2. The van der Waals surface area contributed by atoms with Crippen molar-refractivity contribution in [2.75, 3.05) is 44.9 Å². The van der Waals surface area contributed by atoms with E-state index >= 15 is 0 Å². The Balaban J connectivity index is 1.33. The van der Waals surface area contributed by atoms with E-state index in [9.17, 15) is 18.3 Å². The number of thiazole rings is 1. The van der Waals surface area contributed by atoms with Gasteiger partial charge in [-0.2, -0.15) is 0 Å². The number of aliphatic hydroxyl groups is 1. The second kappa shape index (κ2) is 13.4. The number of aliphatic hydroxyl groups excluding tert-OH is 1. The van der Waals surface area contributed by atoms with Gasteiger partial charge < -0.3 is 24.3 Å². The number of fused-ring (bicyclic) bond motifs is 1. The maximum Gasteiger partial charge on any atom is 0.280 e. The normalized spacial score (nSPS) is 21.6. The van der Waals surface area contributed by atoms with Crippen LogP contribution >= 0.6 is 11.3 Å². The fourth-order valence-electron chi connectivity index (χ4n) is 4.93. The van der Waals surface area contributed by atoms with Crippen molar-refractivity contribution in [2.24, 2.45) is 5.16 Å². The van der Waals surface area contributed by atoms with Gasteiger partial charge in [-0.05, 0) is 50.9 Å². The van der Waals surface area contributed by atoms with E-state index in [-0.39, 0.29) is 28.6 Å². The van der Waals surface area contributed by atoms with Crippen molar-refractivity contribution in [3.8, 4) is 5.88 Å². The maximum atomic E-state index is 13.5. The van der Waals surface area contributed by atoms with Crippen molar-refractivity contribution in [1.29, 1.82) is 0 Å². The number of oxime groups is 1. The van der Waals surface area contributed by atoms with Crippen LogP contribution < -0.4 is 10.1 Å². The molecule has 1 amide bonds. The van der Waals surface area contributed by atoms with E-state index in [0.29, 0.717) is 59.2 Å². The van der Waals surface area contributed by atoms with Crippen molar-refractivity contribution in [3.63, 3.8) is 0 Å². The number of likely N-dealkylation sites (N-methyl/N-ethyl adjacent to an activating group) is 1. The van der Waals surface area contributed by atoms with Crippen LogP contribution in [0.25, 0.3) is 10.3 Å². The Morgan fingerprint density at radius 1 is 1.14 bits per heavy atom. The molecule has 2 N–H and O–H groups in total. The molecule has 2 aliphatic rings. The third kappa shape index (κ3) is 7.61. The summed E-state index contributed by atoms with van der Waals surface area (Å²) in [5.41, 5.74) is 0.948. The maximum absolute atomic E-state index is 13.5. The van der Waals surface area contributed by atoms with Gasteiger partial charge in [0.2, 0.25) is 5.88 Å². The minimum atomic E-state index is -3.51. The lowest BCUT2D eigenvalue weighted by Crippen LogP contribution is -2.25. The molecule has 0 spiro atoms. The molecule has 1 aliphatic heterocycles. The number of ether oxygens (including phenoxy) is 2. The molecule has 1 aliphatic carbocycles. The van der Waals surface area contributed by atoms with Crippen LogP contribution in [0.4, 0.5) is 5.13 Å². The first-order valence-corrected chi connectivity index (χ1v) is 16.3. The smallest absolute Gasteiger partial charge is 0.280 e. The topological polar surface area (TPSA) is 153 Å². The zero-order chi connectivity index (χ0) is 29.7. The summed E-state index contributed by atoms with van der Waals surface area (Å²) in [4.78, 5) is 31.1. The summed E-state index contributed by atoms with van der Waals surface area (Å²) in [5, 5.41) is 17.1. The highest BCUT2D eigenvalue weighted by Crippen LogP contribution is 2.28. The predicted octanol–water partition coefficient (Wildman–Crippen LogP) is 2.86. The summed E-state index contributed by atoms with van der Waals surface area (Å²) in [7, 11) is 0.0648. The molecule has 1 aromatic carbocycles. The Morgan fingerprint density at radius 2 is 1.95 bits per heavy atom. The molecule has 1 saturated heterocycles. The number of benzene rings is 1. The fraction of sp³-hybridized carbons (Fsp3) is 0.500. The summed E-state index contributed by atoms with van der Waals surface area (Å²) in [6, 6.07) is 9.53. The van der Waals surface area contributed by atoms with Crippen LogP contribution in [0.15, 0.2) is 46.4 Å². The molecule has 42 heavy (non-hydrogen) atoms. The van der Waals surface area contributed by atoms with Gasteiger partial charge in [0.15, 0.2) is 20.7 Å². The van der Waals surface area contributed by atoms with E-state index in [2.05, 4.69) is 32.4 Å². The predicted molar refractivity (Wildman–Crippen MR) is 159 cm³/mol. The van der Waals surface area contributed by atoms with Crippen molar-refractivity contribution in [3.05, 3.63) is 42.0 Å². The molecule has 3 aromatic rings. The number of hydrogen-bond acceptors (Lipinski definition) is 12. The van der Waals surface area contributed by atoms with Gasteiger partial charge in [0, 0.05) is 44.9 Å². The van der Waals surface area contributed by atoms with Crippen LogP contribution in [-0.2, 0) is 24.2 Å². The van der Waals surface area contributed by atoms with Crippen LogP contribution in [0.2, 0.25) is 0 Å². The molecule has 14 heteroatoms. The number of nitrogens with zero attached hydrogens (tertiary/aromatic N) is 4. The Hall–Kier alpha value is -3.17. The van der Waals surface area contributed by atoms with Gasteiger partial charge in [-0.15, -0.1) is 0 Å². The van der Waals surface area contributed by atoms with E-state index in [0.717, 1.165) is 19.5 Å². The van der Waals surface area contributed by atoms with E-state index < -0.39 is 21.8 Å². The van der Waals surface area contributed by atoms with Crippen LogP contribution in [0, 0.1) is 0 Å². The number of sulfone groups is 1. The molecule has 2 aromatic heterocycles. The lowest BCUT2D eigenvalue weighted by molar-refractivity contribution is -0.110. The van der Waals surface area contributed by atoms with Gasteiger partial charge in [-0.25, -0.2) is 18.4 Å². The number of carbonyl (C=O) groups is 1. The number of nitrogens with one attached hydrogen (secondary N) is 1. The Labute approximate surface area is 248 Å². The quantitative estimate of drug-likeness (QED) is 0.176. The van der Waals surface area contributed by atoms with Crippen molar-refractivity contribution >= 4 is 48.3 Å². The van der Waals surface area contributed by atoms with Crippen LogP contribution in [-0.4, -0.2) is 97.9 Å². The second-order valence-corrected chi connectivity index (χ2v) is 13.6. The van der Waals surface area contributed by atoms with Gasteiger partial charge in [0.05, 0.1) is 16.8 Å². The standard InChI is InChI=1S/C28H35N5O7S2/c1-33-13-12-21(17-33)39-24-11-10-23-27(30-24)41-28(29-23)31-26(35)25(32-40-20-7-6-19(34)16-20)18-4-8-22(9-5-18)42(36,37)15-3-14-38-2/h4-5,8-11,19-21,34H,3,6-7,12-17H2,1-2H3,(H,29,31,35)/b32-25+/t19-,20-,21?/m1/s1. The lowest BCUT2D eigenvalue weighted by atomic mass is 10.1. The van der Waals surface area contributed by atoms with E-state index in [1.165, 1.54) is 42.7 Å². The van der Waals surface area contributed by atoms with Crippen molar-refractivity contribution in [2.45, 2.75) is 55.3 Å². The zero-order valence-electron chi connectivity index (χ0n) is 23.6. The average molecular weight is 618 g/mol. The first-order valence-electron chi connectivity index (χ1n) is 13.9. The molecule has 3 heterocycles. The summed E-state index contributed by atoms with van der Waals surface area (Å²) >= 11 is 1.21. The van der Waals surface area contributed by atoms with Gasteiger partial charge in [0.25, 0.3) is 5.91 Å². The highest BCUT2D eigenvalue weighted by Gasteiger charge is 2.26. The molecule has 1 unspecified atom stereocenters. The number of pyridine rings is 1. The first kappa shape index (κ1) is 30.3. The molecule has 0 bridgehead atoms. The number of hydrogen-bond donors (Lipinski definition) is 2. The van der Waals surface area contributed by atoms with E-state index in [1.807, 2.05) is 0 Å². The summed E-state index contributed by atoms with van der Waals surface area (Å²) < 4.78 is 36.3. The highest BCUT2D eigenvalue weighted by atomic mass is 32.2. The first-order chi connectivity index (χ1) is 20.2. The molecule has 226 valence electrons. The van der Waals surface area contributed by atoms with Crippen LogP contribution in [0.1, 0.15) is 37.7 Å². The van der Waals surface area contributed by atoms with E-state index in [1.54, 1.807) is 12.1 Å². The minimum absolute atomic E-state index is 0.0405. The number of amides is 1. The number of methoxy groups -OCH3 is 1. The third-order valence-corrected chi connectivity index (χ3v) is 9.90. The highest BCUT2D eigenvalue weighted by molar-refractivity contribution is 7.91. The number of likely N-dealkylation sites (tertiary alicyclic amines) is 1. The summed E-state index contributed by atoms with van der Waals surface area (Å²) in [6.07, 6.45) is 2.23. The summed E-state index contributed by atoms with van der Waals surface area (Å²) in [6.45, 7) is 2.16. The van der Waals surface area contributed by atoms with Crippen molar-refractivity contribution in [1.82, 2.24) is 14.9 Å². The fourth-order valence-corrected chi connectivity index (χ4v) is 7.04. The lowest BCUT2D eigenvalue weighted by Gasteiger charge is -2.12. The third-order valence-electron chi connectivity index (χ3n) is 7.20. The molecule has 1 saturated carbocycles. The summed E-state index contributed by atoms with van der Waals surface area (Å²) in [5.74, 6) is -0.116. The van der Waals surface area contributed by atoms with Gasteiger partial charge in [-0.3, -0.25) is 10.1 Å². The van der Waals surface area contributed by atoms with Gasteiger partial charge in [-0.1, -0.05) is 28.6 Å². The zero-order valence-corrected chi connectivity index (χ0v) is 25.2. The Kier molecular flexibility index (Phi) is 9.68. The average Bonchev–Trinajstić information content (AvgIpc) is 3.68. The minimum Gasteiger partial charge on any atom is -0.473 e. The largest absolute Gasteiger partial charge is 0.473 e. The van der Waals surface area contributed by atoms with Crippen LogP contribution in [0.5, 0.6) is 5.88 Å². The molecule has 3 atom stereocenters. The monoisotopic (exact) mass is 617 g/mol. The Bertz CT molecular complexity index is 1530. The molecule has 5 rings (SSSR count). The molecule has 12 nitrogen and oxygen atoms in total. The van der Waals surface area contributed by atoms with Gasteiger partial charge in [0.1, 0.15) is 22.6 Å². The second-order valence-electron chi connectivity index (χ2n) is 10.6. The molecular weight excluding hydrogens is 582 g/mol. The molecule has 0 radical (unpaired) electrons. The SMILES string of the molecule is COCCCS(=O)(=O)c1ccc(/C(=N\O[C@@H]2CC[C@@H](O)C2)C(=O)Nc2nc3ccc(OC4CCN(C)C4)nc3s2)cc1. The van der Waals surface area contributed by atoms with Crippen LogP contribution in [0.3, 0.4) is 0 Å². The van der Waals surface area contributed by atoms with E-state index in [4.69, 9.17) is 14.3 Å². The number of carbonyl (C=O) groups excluding carboxylic acids is 1. The van der Waals surface area contributed by atoms with Gasteiger partial charge >= 0.3 is 0 Å². The number of aromatic nitrogens is 2. The number of anilines is 1. The number of rotatable bonds is 12. The van der Waals surface area contributed by atoms with Crippen molar-refractivity contribution < 1.29 is 32.6 Å². The molecule has 2 fully saturated rings.